The molecule has 158 valence electrons. The Bertz CT molecular complexity index is 1080. The minimum Gasteiger partial charge on any atom is -0.443 e. The SMILES string of the molecule is NC(=O)O[C@@H]1CN(Cc2ccn3ncnc(Nc4ccc(F)c(Cl)c4)c23)CC[C@H]1N. The average Bonchev–Trinajstić information content (AvgIpc) is 3.11. The Kier molecular flexibility index (Phi) is 5.71. The van der Waals surface area contributed by atoms with Crippen molar-refractivity contribution in [3.05, 3.63) is 53.2 Å². The summed E-state index contributed by atoms with van der Waals surface area (Å²) in [5.41, 5.74) is 13.6. The van der Waals surface area contributed by atoms with Crippen LogP contribution in [0.2, 0.25) is 5.02 Å². The fraction of sp³-hybridized carbons (Fsp3) is 0.316. The lowest BCUT2D eigenvalue weighted by Crippen LogP contribution is -2.52. The highest BCUT2D eigenvalue weighted by Gasteiger charge is 2.29. The predicted molar refractivity (Wildman–Crippen MR) is 110 cm³/mol. The molecule has 5 N–H and O–H groups in total. The molecule has 1 amide bonds. The van der Waals surface area contributed by atoms with Crippen LogP contribution in [0.1, 0.15) is 12.0 Å². The van der Waals surface area contributed by atoms with Gasteiger partial charge in [-0.2, -0.15) is 5.10 Å². The summed E-state index contributed by atoms with van der Waals surface area (Å²) in [6, 6.07) is 6.07. The number of amides is 1. The van der Waals surface area contributed by atoms with Crippen molar-refractivity contribution in [2.45, 2.75) is 25.1 Å². The number of rotatable bonds is 5. The molecule has 11 heteroatoms. The first-order valence-corrected chi connectivity index (χ1v) is 9.76. The number of nitrogens with two attached hydrogens (primary N) is 2. The van der Waals surface area contributed by atoms with Crippen LogP contribution in [0.5, 0.6) is 0 Å². The number of benzene rings is 1. The maximum Gasteiger partial charge on any atom is 0.404 e. The Morgan fingerprint density at radius 3 is 3.00 bits per heavy atom. The molecule has 0 aliphatic carbocycles. The minimum absolute atomic E-state index is 0.0193. The van der Waals surface area contributed by atoms with E-state index in [-0.39, 0.29) is 11.1 Å². The van der Waals surface area contributed by atoms with Gasteiger partial charge in [-0.25, -0.2) is 18.7 Å². The van der Waals surface area contributed by atoms with Crippen LogP contribution in [0.15, 0.2) is 36.8 Å². The topological polar surface area (TPSA) is 124 Å². The van der Waals surface area contributed by atoms with Gasteiger partial charge >= 0.3 is 6.09 Å². The smallest absolute Gasteiger partial charge is 0.404 e. The first-order valence-electron chi connectivity index (χ1n) is 9.38. The molecule has 1 aliphatic rings. The van der Waals surface area contributed by atoms with Crippen LogP contribution >= 0.6 is 11.6 Å². The van der Waals surface area contributed by atoms with E-state index in [0.717, 1.165) is 17.6 Å². The van der Waals surface area contributed by atoms with Gasteiger partial charge in [0.25, 0.3) is 0 Å². The number of likely N-dealkylation sites (tertiary alicyclic amines) is 1. The number of nitrogens with zero attached hydrogens (tertiary/aromatic N) is 4. The molecule has 3 aromatic rings. The van der Waals surface area contributed by atoms with Crippen LogP contribution < -0.4 is 16.8 Å². The van der Waals surface area contributed by atoms with Gasteiger partial charge in [0.1, 0.15) is 23.8 Å². The van der Waals surface area contributed by atoms with Gasteiger partial charge in [-0.3, -0.25) is 4.90 Å². The Labute approximate surface area is 176 Å². The Morgan fingerprint density at radius 2 is 2.23 bits per heavy atom. The van der Waals surface area contributed by atoms with E-state index in [1.165, 1.54) is 18.5 Å². The third kappa shape index (κ3) is 4.30. The number of halogens is 2. The number of carbonyl (C=O) groups excluding carboxylic acids is 1. The first kappa shape index (κ1) is 20.3. The molecule has 1 aliphatic heterocycles. The summed E-state index contributed by atoms with van der Waals surface area (Å²) >= 11 is 5.88. The molecule has 0 radical (unpaired) electrons. The molecule has 2 atom stereocenters. The number of primary amides is 1. The fourth-order valence-corrected chi connectivity index (χ4v) is 3.79. The van der Waals surface area contributed by atoms with Gasteiger partial charge < -0.3 is 21.5 Å². The minimum atomic E-state index is -0.829. The van der Waals surface area contributed by atoms with Gasteiger partial charge in [0.2, 0.25) is 0 Å². The molecular formula is C19H21ClFN7O2. The lowest BCUT2D eigenvalue weighted by atomic mass is 10.0. The largest absolute Gasteiger partial charge is 0.443 e. The molecule has 30 heavy (non-hydrogen) atoms. The van der Waals surface area contributed by atoms with E-state index < -0.39 is 18.0 Å². The Balaban J connectivity index is 1.58. The van der Waals surface area contributed by atoms with Crippen molar-refractivity contribution in [2.75, 3.05) is 18.4 Å². The van der Waals surface area contributed by atoms with E-state index in [1.54, 1.807) is 10.6 Å². The second kappa shape index (κ2) is 8.42. The van der Waals surface area contributed by atoms with Gasteiger partial charge in [0, 0.05) is 37.6 Å². The molecule has 0 spiro atoms. The number of carbonyl (C=O) groups is 1. The summed E-state index contributed by atoms with van der Waals surface area (Å²) in [4.78, 5) is 17.6. The summed E-state index contributed by atoms with van der Waals surface area (Å²) in [5, 5.41) is 7.44. The van der Waals surface area contributed by atoms with Crippen molar-refractivity contribution in [1.82, 2.24) is 19.5 Å². The fourth-order valence-electron chi connectivity index (χ4n) is 3.61. The second-order valence-electron chi connectivity index (χ2n) is 7.16. The number of fused-ring (bicyclic) bond motifs is 1. The number of hydrogen-bond donors (Lipinski definition) is 3. The quantitative estimate of drug-likeness (QED) is 0.563. The van der Waals surface area contributed by atoms with Crippen LogP contribution in [0.25, 0.3) is 5.52 Å². The van der Waals surface area contributed by atoms with E-state index in [0.29, 0.717) is 31.0 Å². The van der Waals surface area contributed by atoms with Gasteiger partial charge in [0.15, 0.2) is 5.82 Å². The predicted octanol–water partition coefficient (Wildman–Crippen LogP) is 2.26. The van der Waals surface area contributed by atoms with Crippen molar-refractivity contribution in [3.8, 4) is 0 Å². The third-order valence-electron chi connectivity index (χ3n) is 5.08. The molecule has 1 fully saturated rings. The molecule has 0 bridgehead atoms. The highest BCUT2D eigenvalue weighted by atomic mass is 35.5. The maximum absolute atomic E-state index is 13.5. The van der Waals surface area contributed by atoms with E-state index >= 15 is 0 Å². The lowest BCUT2D eigenvalue weighted by Gasteiger charge is -2.35. The molecule has 4 rings (SSSR count). The molecule has 0 saturated carbocycles. The number of aromatic nitrogens is 3. The van der Waals surface area contributed by atoms with Crippen LogP contribution in [0.3, 0.4) is 0 Å². The standard InChI is InChI=1S/C19H21ClFN7O2/c20-13-7-12(1-2-14(13)21)26-18-17-11(3-6-28(17)25-10-24-18)8-27-5-4-15(22)16(9-27)30-19(23)29/h1-3,6-7,10,15-16H,4-5,8-9,22H2,(H2,23,29)(H,24,25,26)/t15-,16-/m1/s1. The second-order valence-corrected chi connectivity index (χ2v) is 7.57. The molecule has 1 aromatic carbocycles. The monoisotopic (exact) mass is 433 g/mol. The van der Waals surface area contributed by atoms with Crippen molar-refractivity contribution >= 4 is 34.7 Å². The zero-order chi connectivity index (χ0) is 21.3. The number of hydrogen-bond acceptors (Lipinski definition) is 7. The van der Waals surface area contributed by atoms with Gasteiger partial charge in [-0.1, -0.05) is 11.6 Å². The number of ether oxygens (including phenoxy) is 1. The average molecular weight is 434 g/mol. The van der Waals surface area contributed by atoms with Crippen molar-refractivity contribution < 1.29 is 13.9 Å². The van der Waals surface area contributed by atoms with Crippen LogP contribution in [0, 0.1) is 5.82 Å². The maximum atomic E-state index is 13.5. The highest BCUT2D eigenvalue weighted by Crippen LogP contribution is 2.27. The first-order chi connectivity index (χ1) is 14.4. The molecule has 2 aromatic heterocycles. The van der Waals surface area contributed by atoms with Gasteiger partial charge in [-0.15, -0.1) is 0 Å². The van der Waals surface area contributed by atoms with Crippen molar-refractivity contribution in [1.29, 1.82) is 0 Å². The summed E-state index contributed by atoms with van der Waals surface area (Å²) in [7, 11) is 0. The molecular weight excluding hydrogens is 413 g/mol. The van der Waals surface area contributed by atoms with Crippen LogP contribution in [-0.4, -0.2) is 50.8 Å². The summed E-state index contributed by atoms with van der Waals surface area (Å²) in [5.74, 6) is 0.0702. The van der Waals surface area contributed by atoms with Gasteiger partial charge in [0.05, 0.1) is 5.02 Å². The number of piperidine rings is 1. The lowest BCUT2D eigenvalue weighted by molar-refractivity contribution is 0.0313. The van der Waals surface area contributed by atoms with Gasteiger partial charge in [-0.05, 0) is 36.2 Å². The van der Waals surface area contributed by atoms with Crippen molar-refractivity contribution in [2.24, 2.45) is 11.5 Å². The highest BCUT2D eigenvalue weighted by molar-refractivity contribution is 6.31. The summed E-state index contributed by atoms with van der Waals surface area (Å²) in [6.45, 7) is 1.81. The van der Waals surface area contributed by atoms with E-state index in [9.17, 15) is 9.18 Å². The zero-order valence-corrected chi connectivity index (χ0v) is 16.7. The summed E-state index contributed by atoms with van der Waals surface area (Å²) in [6.07, 6.45) is 2.66. The molecule has 1 saturated heterocycles. The molecule has 0 unspecified atom stereocenters. The number of anilines is 2. The van der Waals surface area contributed by atoms with E-state index in [4.69, 9.17) is 27.8 Å². The normalized spacial score (nSPS) is 19.7. The van der Waals surface area contributed by atoms with E-state index in [2.05, 4.69) is 20.3 Å². The molecule has 3 heterocycles. The third-order valence-corrected chi connectivity index (χ3v) is 5.37. The van der Waals surface area contributed by atoms with Crippen LogP contribution in [0.4, 0.5) is 20.7 Å². The zero-order valence-electron chi connectivity index (χ0n) is 16.0. The summed E-state index contributed by atoms with van der Waals surface area (Å²) < 4.78 is 20.3. The number of nitrogens with one attached hydrogen (secondary N) is 1. The van der Waals surface area contributed by atoms with Crippen molar-refractivity contribution in [3.63, 3.8) is 0 Å². The van der Waals surface area contributed by atoms with E-state index in [1.807, 2.05) is 12.3 Å². The Hall–Kier alpha value is -2.95. The molecule has 9 nitrogen and oxygen atoms in total. The Morgan fingerprint density at radius 1 is 1.40 bits per heavy atom. The van der Waals surface area contributed by atoms with Crippen LogP contribution in [-0.2, 0) is 11.3 Å².